The molecule has 3 rings (SSSR count). The maximum Gasteiger partial charge on any atom is -0.0236 e. The van der Waals surface area contributed by atoms with E-state index in [1.807, 2.05) is 0 Å². The molecule has 0 aromatic heterocycles. The van der Waals surface area contributed by atoms with Gasteiger partial charge in [0.2, 0.25) is 0 Å². The number of fused-ring (bicyclic) bond motifs is 3. The predicted molar refractivity (Wildman–Crippen MR) is 38.6 cm³/mol. The third-order valence-electron chi connectivity index (χ3n) is 2.09. The molecule has 0 nitrogen and oxygen atoms in total. The highest BCUT2D eigenvalue weighted by atomic mass is 14.1. The zero-order valence-corrected chi connectivity index (χ0v) is 5.65. The SMILES string of the molecule is Cc1cc2ccc1CC2. The summed E-state index contributed by atoms with van der Waals surface area (Å²) in [7, 11) is 0. The molecule has 0 spiro atoms. The molecule has 1 aromatic carbocycles. The van der Waals surface area contributed by atoms with Gasteiger partial charge in [-0.05, 0) is 36.5 Å². The Hall–Kier alpha value is -0.780. The molecule has 0 amide bonds. The van der Waals surface area contributed by atoms with Gasteiger partial charge in [-0.1, -0.05) is 18.2 Å². The molecular weight excluding hydrogens is 108 g/mol. The van der Waals surface area contributed by atoms with E-state index in [4.69, 9.17) is 0 Å². The summed E-state index contributed by atoms with van der Waals surface area (Å²) in [5, 5.41) is 0. The topological polar surface area (TPSA) is 0 Å². The minimum atomic E-state index is 1.27. The Labute approximate surface area is 55.5 Å². The summed E-state index contributed by atoms with van der Waals surface area (Å²) in [6.07, 6.45) is 2.54. The lowest BCUT2D eigenvalue weighted by Crippen LogP contribution is -2.01. The van der Waals surface area contributed by atoms with Crippen molar-refractivity contribution in [3.05, 3.63) is 34.9 Å². The fourth-order valence-electron chi connectivity index (χ4n) is 1.47. The van der Waals surface area contributed by atoms with Gasteiger partial charge in [0.25, 0.3) is 0 Å². The van der Waals surface area contributed by atoms with E-state index >= 15 is 0 Å². The van der Waals surface area contributed by atoms with Gasteiger partial charge in [-0.25, -0.2) is 0 Å². The van der Waals surface area contributed by atoms with Crippen molar-refractivity contribution in [3.63, 3.8) is 0 Å². The molecule has 9 heavy (non-hydrogen) atoms. The fourth-order valence-corrected chi connectivity index (χ4v) is 1.47. The molecule has 0 radical (unpaired) electrons. The van der Waals surface area contributed by atoms with Crippen molar-refractivity contribution in [1.29, 1.82) is 0 Å². The Morgan fingerprint density at radius 2 is 2.11 bits per heavy atom. The second-order valence-electron chi connectivity index (χ2n) is 2.76. The molecule has 0 heteroatoms. The van der Waals surface area contributed by atoms with Crippen LogP contribution in [0.25, 0.3) is 0 Å². The van der Waals surface area contributed by atoms with Crippen molar-refractivity contribution < 1.29 is 0 Å². The highest BCUT2D eigenvalue weighted by molar-refractivity contribution is 5.35. The Balaban J connectivity index is 2.70. The van der Waals surface area contributed by atoms with E-state index in [0.29, 0.717) is 0 Å². The molecule has 0 atom stereocenters. The number of benzene rings is 1. The zero-order chi connectivity index (χ0) is 6.27. The van der Waals surface area contributed by atoms with Crippen molar-refractivity contribution in [1.82, 2.24) is 0 Å². The number of rotatable bonds is 0. The van der Waals surface area contributed by atoms with Gasteiger partial charge in [-0.15, -0.1) is 0 Å². The van der Waals surface area contributed by atoms with Gasteiger partial charge in [0, 0.05) is 0 Å². The number of hydrogen-bond donors (Lipinski definition) is 0. The maximum absolute atomic E-state index is 2.29. The Morgan fingerprint density at radius 1 is 1.22 bits per heavy atom. The molecule has 46 valence electrons. The van der Waals surface area contributed by atoms with Crippen molar-refractivity contribution in [2.24, 2.45) is 0 Å². The van der Waals surface area contributed by atoms with Crippen LogP contribution in [-0.4, -0.2) is 0 Å². The zero-order valence-electron chi connectivity index (χ0n) is 5.65. The largest absolute Gasteiger partial charge is 0.0587 e. The van der Waals surface area contributed by atoms with Gasteiger partial charge >= 0.3 is 0 Å². The maximum atomic E-state index is 2.29. The first-order chi connectivity index (χ1) is 4.36. The van der Waals surface area contributed by atoms with Crippen LogP contribution in [0.5, 0.6) is 0 Å². The molecule has 0 saturated heterocycles. The van der Waals surface area contributed by atoms with E-state index in [1.165, 1.54) is 29.5 Å². The highest BCUT2D eigenvalue weighted by Crippen LogP contribution is 2.19. The van der Waals surface area contributed by atoms with Crippen LogP contribution in [0.2, 0.25) is 0 Å². The molecule has 2 aliphatic carbocycles. The number of aryl methyl sites for hydroxylation is 3. The quantitative estimate of drug-likeness (QED) is 0.489. The van der Waals surface area contributed by atoms with Crippen LogP contribution >= 0.6 is 0 Å². The van der Waals surface area contributed by atoms with Gasteiger partial charge in [0.1, 0.15) is 0 Å². The molecule has 2 bridgehead atoms. The summed E-state index contributed by atoms with van der Waals surface area (Å²) in [6.45, 7) is 2.19. The smallest absolute Gasteiger partial charge is 0.0236 e. The lowest BCUT2D eigenvalue weighted by molar-refractivity contribution is 0.904. The summed E-state index contributed by atoms with van der Waals surface area (Å²) in [6, 6.07) is 6.76. The first kappa shape index (κ1) is 5.04. The summed E-state index contributed by atoms with van der Waals surface area (Å²) >= 11 is 0. The fraction of sp³-hybridized carbons (Fsp3) is 0.333. The molecular formula is C9H10. The third-order valence-corrected chi connectivity index (χ3v) is 2.09. The lowest BCUT2D eigenvalue weighted by Gasteiger charge is -2.14. The minimum absolute atomic E-state index is 1.27. The van der Waals surface area contributed by atoms with E-state index in [1.54, 1.807) is 0 Å². The predicted octanol–water partition coefficient (Wildman–Crippen LogP) is 2.09. The molecule has 0 heterocycles. The van der Waals surface area contributed by atoms with Gasteiger partial charge < -0.3 is 0 Å². The van der Waals surface area contributed by atoms with E-state index < -0.39 is 0 Å². The second-order valence-corrected chi connectivity index (χ2v) is 2.76. The van der Waals surface area contributed by atoms with Crippen LogP contribution in [0, 0.1) is 6.92 Å². The van der Waals surface area contributed by atoms with E-state index in [-0.39, 0.29) is 0 Å². The van der Waals surface area contributed by atoms with Crippen LogP contribution in [0.1, 0.15) is 16.7 Å². The van der Waals surface area contributed by atoms with Gasteiger partial charge in [0.15, 0.2) is 0 Å². The highest BCUT2D eigenvalue weighted by Gasteiger charge is 2.06. The molecule has 0 aliphatic heterocycles. The Kier molecular flexibility index (Phi) is 0.895. The Morgan fingerprint density at radius 3 is 2.33 bits per heavy atom. The molecule has 0 unspecified atom stereocenters. The van der Waals surface area contributed by atoms with Crippen LogP contribution in [-0.2, 0) is 12.8 Å². The monoisotopic (exact) mass is 118 g/mol. The normalized spacial score (nSPS) is 14.3. The van der Waals surface area contributed by atoms with Crippen LogP contribution in [0.3, 0.4) is 0 Å². The van der Waals surface area contributed by atoms with Crippen LogP contribution in [0.4, 0.5) is 0 Å². The lowest BCUT2D eigenvalue weighted by atomic mass is 9.92. The van der Waals surface area contributed by atoms with Crippen molar-refractivity contribution in [2.75, 3.05) is 0 Å². The molecule has 0 fully saturated rings. The van der Waals surface area contributed by atoms with Gasteiger partial charge in [-0.3, -0.25) is 0 Å². The molecule has 0 N–H and O–H groups in total. The van der Waals surface area contributed by atoms with Crippen molar-refractivity contribution in [2.45, 2.75) is 19.8 Å². The average Bonchev–Trinajstić information content (AvgIpc) is 1.90. The molecule has 1 aromatic rings. The molecule has 2 aliphatic rings. The van der Waals surface area contributed by atoms with Crippen molar-refractivity contribution >= 4 is 0 Å². The van der Waals surface area contributed by atoms with Crippen molar-refractivity contribution in [3.8, 4) is 0 Å². The second kappa shape index (κ2) is 1.60. The summed E-state index contributed by atoms with van der Waals surface area (Å²) in [4.78, 5) is 0. The number of hydrogen-bond acceptors (Lipinski definition) is 0. The van der Waals surface area contributed by atoms with Gasteiger partial charge in [-0.2, -0.15) is 0 Å². The van der Waals surface area contributed by atoms with E-state index in [9.17, 15) is 0 Å². The van der Waals surface area contributed by atoms with E-state index in [0.717, 1.165) is 0 Å². The first-order valence-corrected chi connectivity index (χ1v) is 3.45. The first-order valence-electron chi connectivity index (χ1n) is 3.45. The van der Waals surface area contributed by atoms with E-state index in [2.05, 4.69) is 25.1 Å². The average molecular weight is 118 g/mol. The standard InChI is InChI=1S/C9H10/c1-7-6-8-2-4-9(7)5-3-8/h2,4,6H,3,5H2,1H3. The summed E-state index contributed by atoms with van der Waals surface area (Å²) in [5.74, 6) is 0. The third kappa shape index (κ3) is 0.663. The van der Waals surface area contributed by atoms with Crippen LogP contribution < -0.4 is 0 Å². The summed E-state index contributed by atoms with van der Waals surface area (Å²) in [5.41, 5.74) is 4.51. The molecule has 0 saturated carbocycles. The minimum Gasteiger partial charge on any atom is -0.0587 e. The Bertz CT molecular complexity index is 236. The summed E-state index contributed by atoms with van der Waals surface area (Å²) < 4.78 is 0. The van der Waals surface area contributed by atoms with Crippen LogP contribution in [0.15, 0.2) is 18.2 Å². The van der Waals surface area contributed by atoms with Gasteiger partial charge in [0.05, 0.1) is 0 Å².